The molecule has 0 radical (unpaired) electrons. The van der Waals surface area contributed by atoms with Gasteiger partial charge in [0, 0.05) is 28.7 Å². The molecule has 5 rings (SSSR count). The average Bonchev–Trinajstić information content (AvgIpc) is 3.26. The molecule has 0 fully saturated rings. The van der Waals surface area contributed by atoms with Gasteiger partial charge < -0.3 is 14.4 Å². The number of hydrogen-bond acceptors (Lipinski definition) is 6. The summed E-state index contributed by atoms with van der Waals surface area (Å²) in [6.07, 6.45) is 1.81. The molecule has 3 aromatic carbocycles. The van der Waals surface area contributed by atoms with E-state index in [1.165, 1.54) is 11.3 Å². The number of methoxy groups -OCH3 is 2. The second kappa shape index (κ2) is 12.0. The maximum atomic E-state index is 14.3. The number of allylic oxidation sites excluding steroid dienone is 1. The highest BCUT2D eigenvalue weighted by Crippen LogP contribution is 2.40. The number of likely N-dealkylation sites (N-methyl/N-ethyl adjacent to an activating group) is 1. The molecule has 0 saturated carbocycles. The summed E-state index contributed by atoms with van der Waals surface area (Å²) < 4.78 is 15.2. The first-order chi connectivity index (χ1) is 19.7. The standard InChI is InChI=1S/C31H29Br2N3O4S/c1-6-35(7-2)30(38)25-17(3)34-31-36(27(25)26-21-11-9-8-10-18(21)12-13-23(26)39-4)29(37)24(41-31)15-19-14-20(32)16-22(33)28(19)40-5/h8-16,27H,6-7H2,1-5H3/b24-15+/t27-/m0/s1. The molecule has 4 aromatic rings. The van der Waals surface area contributed by atoms with Crippen LogP contribution in [0.5, 0.6) is 11.5 Å². The lowest BCUT2D eigenvalue weighted by atomic mass is 9.90. The van der Waals surface area contributed by atoms with Gasteiger partial charge in [-0.3, -0.25) is 14.2 Å². The van der Waals surface area contributed by atoms with Crippen LogP contribution in [0.3, 0.4) is 0 Å². The Kier molecular flexibility index (Phi) is 8.54. The maximum absolute atomic E-state index is 14.3. The molecule has 0 N–H and O–H groups in total. The third-order valence-corrected chi connectivity index (χ3v) is 9.28. The minimum absolute atomic E-state index is 0.150. The van der Waals surface area contributed by atoms with E-state index in [9.17, 15) is 9.59 Å². The number of aromatic nitrogens is 1. The molecular formula is C31H29Br2N3O4S. The molecule has 0 spiro atoms. The molecule has 0 unspecified atom stereocenters. The van der Waals surface area contributed by atoms with Gasteiger partial charge in [0.2, 0.25) is 0 Å². The van der Waals surface area contributed by atoms with Gasteiger partial charge >= 0.3 is 0 Å². The molecule has 0 bridgehead atoms. The number of thiazole rings is 1. The predicted octanol–water partition coefficient (Wildman–Crippen LogP) is 5.80. The van der Waals surface area contributed by atoms with Crippen molar-refractivity contribution in [2.45, 2.75) is 26.8 Å². The lowest BCUT2D eigenvalue weighted by Gasteiger charge is -2.30. The van der Waals surface area contributed by atoms with Crippen LogP contribution in [0, 0.1) is 0 Å². The van der Waals surface area contributed by atoms with Crippen molar-refractivity contribution < 1.29 is 14.3 Å². The van der Waals surface area contributed by atoms with Crippen LogP contribution in [0.15, 0.2) is 78.5 Å². The molecule has 7 nitrogen and oxygen atoms in total. The molecule has 1 aliphatic rings. The Balaban J connectivity index is 1.87. The van der Waals surface area contributed by atoms with Gasteiger partial charge in [-0.2, -0.15) is 0 Å². The van der Waals surface area contributed by atoms with E-state index in [2.05, 4.69) is 31.9 Å². The zero-order valence-electron chi connectivity index (χ0n) is 23.3. The van der Waals surface area contributed by atoms with E-state index in [1.54, 1.807) is 29.8 Å². The number of carbonyl (C=O) groups excluding carboxylic acids is 1. The summed E-state index contributed by atoms with van der Waals surface area (Å²) in [6, 6.07) is 14.9. The van der Waals surface area contributed by atoms with E-state index < -0.39 is 6.04 Å². The molecule has 10 heteroatoms. The van der Waals surface area contributed by atoms with Crippen molar-refractivity contribution in [3.8, 4) is 11.5 Å². The van der Waals surface area contributed by atoms with Crippen LogP contribution in [0.25, 0.3) is 16.8 Å². The molecule has 2 heterocycles. The van der Waals surface area contributed by atoms with Crippen molar-refractivity contribution in [2.24, 2.45) is 4.99 Å². The number of hydrogen-bond donors (Lipinski definition) is 0. The zero-order chi connectivity index (χ0) is 29.4. The van der Waals surface area contributed by atoms with Gasteiger partial charge in [0.25, 0.3) is 11.5 Å². The summed E-state index contributed by atoms with van der Waals surface area (Å²) in [5, 5.41) is 1.89. The summed E-state index contributed by atoms with van der Waals surface area (Å²) >= 11 is 8.37. The molecular weight excluding hydrogens is 670 g/mol. The maximum Gasteiger partial charge on any atom is 0.271 e. The van der Waals surface area contributed by atoms with E-state index in [4.69, 9.17) is 14.5 Å². The van der Waals surface area contributed by atoms with Gasteiger partial charge in [0.05, 0.1) is 34.5 Å². The van der Waals surface area contributed by atoms with E-state index in [0.717, 1.165) is 30.8 Å². The monoisotopic (exact) mass is 697 g/mol. The first-order valence-corrected chi connectivity index (χ1v) is 15.5. The number of benzene rings is 3. The van der Waals surface area contributed by atoms with Gasteiger partial charge in [-0.05, 0) is 71.7 Å². The topological polar surface area (TPSA) is 73.1 Å². The molecule has 1 amide bonds. The normalized spacial score (nSPS) is 15.1. The largest absolute Gasteiger partial charge is 0.496 e. The van der Waals surface area contributed by atoms with Crippen LogP contribution in [-0.4, -0.2) is 42.7 Å². The summed E-state index contributed by atoms with van der Waals surface area (Å²) in [4.78, 5) is 35.5. The van der Waals surface area contributed by atoms with Crippen molar-refractivity contribution in [3.05, 3.63) is 99.6 Å². The molecule has 212 valence electrons. The predicted molar refractivity (Wildman–Crippen MR) is 171 cm³/mol. The van der Waals surface area contributed by atoms with Crippen LogP contribution < -0.4 is 24.4 Å². The van der Waals surface area contributed by atoms with E-state index >= 15 is 0 Å². The van der Waals surface area contributed by atoms with Crippen molar-refractivity contribution in [2.75, 3.05) is 27.3 Å². The molecule has 0 saturated heterocycles. The van der Waals surface area contributed by atoms with Crippen LogP contribution >= 0.6 is 43.2 Å². The summed E-state index contributed by atoms with van der Waals surface area (Å²) in [6.45, 7) is 6.81. The Bertz CT molecular complexity index is 1890. The Hall–Kier alpha value is -3.21. The van der Waals surface area contributed by atoms with Gasteiger partial charge in [0.15, 0.2) is 4.80 Å². The summed E-state index contributed by atoms with van der Waals surface area (Å²) in [5.41, 5.74) is 2.28. The number of rotatable bonds is 7. The number of ether oxygens (including phenoxy) is 2. The average molecular weight is 699 g/mol. The molecule has 0 aliphatic carbocycles. The Morgan fingerprint density at radius 1 is 1.10 bits per heavy atom. The number of amides is 1. The number of carbonyl (C=O) groups is 1. The highest BCUT2D eigenvalue weighted by Gasteiger charge is 2.36. The van der Waals surface area contributed by atoms with Gasteiger partial charge in [0.1, 0.15) is 17.5 Å². The van der Waals surface area contributed by atoms with Crippen LogP contribution in [-0.2, 0) is 4.79 Å². The quantitative estimate of drug-likeness (QED) is 0.245. The van der Waals surface area contributed by atoms with Crippen molar-refractivity contribution in [3.63, 3.8) is 0 Å². The highest BCUT2D eigenvalue weighted by molar-refractivity contribution is 9.11. The number of halogens is 2. The zero-order valence-corrected chi connectivity index (χ0v) is 27.3. The second-order valence-corrected chi connectivity index (χ2v) is 12.3. The third-order valence-electron chi connectivity index (χ3n) is 7.25. The molecule has 1 aromatic heterocycles. The smallest absolute Gasteiger partial charge is 0.271 e. The third kappa shape index (κ3) is 5.17. The SMILES string of the molecule is CCN(CC)C(=O)C1=C(C)N=c2s/c(=C/c3cc(Br)cc(Br)c3OC)c(=O)n2[C@@H]1c1c(OC)ccc2ccccc12. The molecule has 41 heavy (non-hydrogen) atoms. The van der Waals surface area contributed by atoms with E-state index in [0.29, 0.717) is 45.2 Å². The minimum atomic E-state index is -0.737. The second-order valence-electron chi connectivity index (χ2n) is 9.47. The molecule has 1 atom stereocenters. The van der Waals surface area contributed by atoms with Crippen molar-refractivity contribution in [1.82, 2.24) is 9.47 Å². The summed E-state index contributed by atoms with van der Waals surface area (Å²) in [7, 11) is 3.20. The first kappa shape index (κ1) is 29.3. The molecule has 1 aliphatic heterocycles. The summed E-state index contributed by atoms with van der Waals surface area (Å²) in [5.74, 6) is 1.06. The minimum Gasteiger partial charge on any atom is -0.496 e. The van der Waals surface area contributed by atoms with Gasteiger partial charge in [-0.1, -0.05) is 57.6 Å². The highest BCUT2D eigenvalue weighted by atomic mass is 79.9. The fourth-order valence-corrected chi connectivity index (χ4v) is 7.79. The Morgan fingerprint density at radius 2 is 1.83 bits per heavy atom. The fraction of sp³-hybridized carbons (Fsp3) is 0.258. The Labute approximate surface area is 258 Å². The Morgan fingerprint density at radius 3 is 2.51 bits per heavy atom. The van der Waals surface area contributed by atoms with Crippen LogP contribution in [0.2, 0.25) is 0 Å². The van der Waals surface area contributed by atoms with Crippen LogP contribution in [0.1, 0.15) is 37.9 Å². The van der Waals surface area contributed by atoms with E-state index in [-0.39, 0.29) is 11.5 Å². The fourth-order valence-electron chi connectivity index (χ4n) is 5.33. The van der Waals surface area contributed by atoms with Gasteiger partial charge in [-0.25, -0.2) is 4.99 Å². The van der Waals surface area contributed by atoms with Crippen molar-refractivity contribution >= 4 is 66.0 Å². The van der Waals surface area contributed by atoms with Crippen LogP contribution in [0.4, 0.5) is 0 Å². The lowest BCUT2D eigenvalue weighted by molar-refractivity contribution is -0.127. The van der Waals surface area contributed by atoms with Gasteiger partial charge in [-0.15, -0.1) is 0 Å². The van der Waals surface area contributed by atoms with E-state index in [1.807, 2.05) is 69.3 Å². The number of nitrogens with zero attached hydrogens (tertiary/aromatic N) is 3. The first-order valence-electron chi connectivity index (χ1n) is 13.1. The van der Waals surface area contributed by atoms with Crippen molar-refractivity contribution in [1.29, 1.82) is 0 Å². The number of fused-ring (bicyclic) bond motifs is 2. The lowest BCUT2D eigenvalue weighted by Crippen LogP contribution is -2.43.